The third-order valence-electron chi connectivity index (χ3n) is 5.65. The van der Waals surface area contributed by atoms with Crippen molar-refractivity contribution in [2.45, 2.75) is 25.6 Å². The smallest absolute Gasteiger partial charge is 0.244 e. The van der Waals surface area contributed by atoms with Gasteiger partial charge < -0.3 is 4.90 Å². The first-order chi connectivity index (χ1) is 14.5. The standard InChI is InChI=1S/C23H31N3O3S/c1-3-24(4-2)23(27)22(21-13-9-6-10-14-21)25-15-17-26(18-16-25)30(28,29)19-20-11-7-5-8-12-20/h5-14,22H,3-4,15-19H2,1-2H3/t22-/m0/s1. The highest BCUT2D eigenvalue weighted by molar-refractivity contribution is 7.88. The number of sulfonamides is 1. The van der Waals surface area contributed by atoms with Gasteiger partial charge in [-0.05, 0) is 25.0 Å². The van der Waals surface area contributed by atoms with Crippen LogP contribution in [0.4, 0.5) is 0 Å². The molecule has 1 fully saturated rings. The van der Waals surface area contributed by atoms with E-state index in [2.05, 4.69) is 4.90 Å². The zero-order valence-corrected chi connectivity index (χ0v) is 18.6. The maximum absolute atomic E-state index is 13.3. The Labute approximate surface area is 180 Å². The molecular weight excluding hydrogens is 398 g/mol. The third-order valence-corrected chi connectivity index (χ3v) is 7.50. The summed E-state index contributed by atoms with van der Waals surface area (Å²) in [6.07, 6.45) is 0. The second-order valence-corrected chi connectivity index (χ2v) is 9.47. The fourth-order valence-corrected chi connectivity index (χ4v) is 5.49. The lowest BCUT2D eigenvalue weighted by molar-refractivity contribution is -0.137. The molecule has 1 heterocycles. The fourth-order valence-electron chi connectivity index (χ4n) is 3.97. The highest BCUT2D eigenvalue weighted by Crippen LogP contribution is 2.26. The van der Waals surface area contributed by atoms with Crippen molar-refractivity contribution < 1.29 is 13.2 Å². The van der Waals surface area contributed by atoms with E-state index in [0.717, 1.165) is 11.1 Å². The van der Waals surface area contributed by atoms with Crippen LogP contribution >= 0.6 is 0 Å². The Bertz CT molecular complexity index is 907. The summed E-state index contributed by atoms with van der Waals surface area (Å²) in [4.78, 5) is 17.2. The van der Waals surface area contributed by atoms with E-state index in [0.29, 0.717) is 39.3 Å². The van der Waals surface area contributed by atoms with E-state index in [9.17, 15) is 13.2 Å². The second-order valence-electron chi connectivity index (χ2n) is 7.50. The number of amides is 1. The van der Waals surface area contributed by atoms with Crippen molar-refractivity contribution in [1.82, 2.24) is 14.1 Å². The summed E-state index contributed by atoms with van der Waals surface area (Å²) in [5, 5.41) is 0. The summed E-state index contributed by atoms with van der Waals surface area (Å²) in [5.74, 6) is 0.0840. The van der Waals surface area contributed by atoms with Gasteiger partial charge in [0.1, 0.15) is 6.04 Å². The van der Waals surface area contributed by atoms with Crippen LogP contribution in [0.25, 0.3) is 0 Å². The van der Waals surface area contributed by atoms with Crippen molar-refractivity contribution >= 4 is 15.9 Å². The normalized spacial score (nSPS) is 16.9. The highest BCUT2D eigenvalue weighted by Gasteiger charge is 2.35. The van der Waals surface area contributed by atoms with Gasteiger partial charge in [0.15, 0.2) is 0 Å². The fraction of sp³-hybridized carbons (Fsp3) is 0.435. The lowest BCUT2D eigenvalue weighted by Crippen LogP contribution is -2.53. The van der Waals surface area contributed by atoms with E-state index in [-0.39, 0.29) is 17.7 Å². The van der Waals surface area contributed by atoms with Gasteiger partial charge in [-0.3, -0.25) is 9.69 Å². The summed E-state index contributed by atoms with van der Waals surface area (Å²) in [5.41, 5.74) is 1.74. The van der Waals surface area contributed by atoms with Crippen molar-refractivity contribution in [3.63, 3.8) is 0 Å². The average Bonchev–Trinajstić information content (AvgIpc) is 2.76. The molecule has 0 N–H and O–H groups in total. The Morgan fingerprint density at radius 2 is 1.43 bits per heavy atom. The molecule has 1 aliphatic rings. The molecule has 6 nitrogen and oxygen atoms in total. The molecule has 0 aliphatic carbocycles. The van der Waals surface area contributed by atoms with Crippen LogP contribution in [0.2, 0.25) is 0 Å². The molecule has 0 radical (unpaired) electrons. The molecule has 3 rings (SSSR count). The monoisotopic (exact) mass is 429 g/mol. The van der Waals surface area contributed by atoms with Gasteiger partial charge in [-0.1, -0.05) is 60.7 Å². The minimum atomic E-state index is -3.38. The molecule has 2 aromatic rings. The summed E-state index contributed by atoms with van der Waals surface area (Å²) in [6.45, 7) is 7.12. The van der Waals surface area contributed by atoms with Gasteiger partial charge in [0.25, 0.3) is 0 Å². The topological polar surface area (TPSA) is 60.9 Å². The molecule has 7 heteroatoms. The first kappa shape index (κ1) is 22.5. The molecule has 0 unspecified atom stereocenters. The van der Waals surface area contributed by atoms with Crippen molar-refractivity contribution in [1.29, 1.82) is 0 Å². The molecule has 1 aliphatic heterocycles. The summed E-state index contributed by atoms with van der Waals surface area (Å²) in [6, 6.07) is 18.7. The molecular formula is C23H31N3O3S. The van der Waals surface area contributed by atoms with Crippen LogP contribution in [0.1, 0.15) is 31.0 Å². The van der Waals surface area contributed by atoms with Crippen LogP contribution in [-0.2, 0) is 20.6 Å². The number of carbonyl (C=O) groups is 1. The van der Waals surface area contributed by atoms with E-state index >= 15 is 0 Å². The molecule has 1 amide bonds. The molecule has 1 saturated heterocycles. The number of likely N-dealkylation sites (N-methyl/N-ethyl adjacent to an activating group) is 1. The van der Waals surface area contributed by atoms with Crippen LogP contribution in [0, 0.1) is 0 Å². The van der Waals surface area contributed by atoms with Gasteiger partial charge in [0, 0.05) is 39.3 Å². The molecule has 1 atom stereocenters. The quantitative estimate of drug-likeness (QED) is 0.647. The Balaban J connectivity index is 1.73. The number of piperazine rings is 1. The summed E-state index contributed by atoms with van der Waals surface area (Å²) >= 11 is 0. The van der Waals surface area contributed by atoms with Crippen LogP contribution in [-0.4, -0.2) is 67.7 Å². The Kier molecular flexibility index (Phi) is 7.64. The molecule has 162 valence electrons. The van der Waals surface area contributed by atoms with Gasteiger partial charge in [-0.2, -0.15) is 4.31 Å². The van der Waals surface area contributed by atoms with E-state index in [1.54, 1.807) is 4.31 Å². The Morgan fingerprint density at radius 3 is 1.97 bits per heavy atom. The van der Waals surface area contributed by atoms with Crippen LogP contribution in [0.15, 0.2) is 60.7 Å². The predicted molar refractivity (Wildman–Crippen MR) is 119 cm³/mol. The zero-order chi connectivity index (χ0) is 21.6. The molecule has 0 aromatic heterocycles. The minimum absolute atomic E-state index is 0.00827. The summed E-state index contributed by atoms with van der Waals surface area (Å²) < 4.78 is 27.3. The van der Waals surface area contributed by atoms with E-state index < -0.39 is 10.0 Å². The molecule has 0 spiro atoms. The Hall–Kier alpha value is -2.22. The van der Waals surface area contributed by atoms with Gasteiger partial charge in [0.2, 0.25) is 15.9 Å². The largest absolute Gasteiger partial charge is 0.342 e. The van der Waals surface area contributed by atoms with Crippen molar-refractivity contribution in [2.24, 2.45) is 0 Å². The summed E-state index contributed by atoms with van der Waals surface area (Å²) in [7, 11) is -3.38. The van der Waals surface area contributed by atoms with Crippen LogP contribution in [0.3, 0.4) is 0 Å². The molecule has 30 heavy (non-hydrogen) atoms. The van der Waals surface area contributed by atoms with Gasteiger partial charge >= 0.3 is 0 Å². The van der Waals surface area contributed by atoms with Gasteiger partial charge in [-0.25, -0.2) is 8.42 Å². The first-order valence-corrected chi connectivity index (χ1v) is 12.2. The third kappa shape index (κ3) is 5.28. The number of carbonyl (C=O) groups excluding carboxylic acids is 1. The second kappa shape index (κ2) is 10.2. The lowest BCUT2D eigenvalue weighted by atomic mass is 10.0. The lowest BCUT2D eigenvalue weighted by Gasteiger charge is -2.39. The van der Waals surface area contributed by atoms with Crippen molar-refractivity contribution in [3.8, 4) is 0 Å². The number of rotatable bonds is 8. The van der Waals surface area contributed by atoms with Gasteiger partial charge in [0.05, 0.1) is 5.75 Å². The number of nitrogens with zero attached hydrogens (tertiary/aromatic N) is 3. The number of hydrogen-bond donors (Lipinski definition) is 0. The van der Waals surface area contributed by atoms with E-state index in [1.165, 1.54) is 0 Å². The van der Waals surface area contributed by atoms with Crippen LogP contribution in [0.5, 0.6) is 0 Å². The SMILES string of the molecule is CCN(CC)C(=O)[C@H](c1ccccc1)N1CCN(S(=O)(=O)Cc2ccccc2)CC1. The minimum Gasteiger partial charge on any atom is -0.342 e. The van der Waals surface area contributed by atoms with Gasteiger partial charge in [-0.15, -0.1) is 0 Å². The first-order valence-electron chi connectivity index (χ1n) is 10.6. The maximum Gasteiger partial charge on any atom is 0.244 e. The highest BCUT2D eigenvalue weighted by atomic mass is 32.2. The predicted octanol–water partition coefficient (Wildman–Crippen LogP) is 2.74. The maximum atomic E-state index is 13.3. The van der Waals surface area contributed by atoms with Crippen molar-refractivity contribution in [2.75, 3.05) is 39.3 Å². The molecule has 2 aromatic carbocycles. The zero-order valence-electron chi connectivity index (χ0n) is 17.8. The average molecular weight is 430 g/mol. The van der Waals surface area contributed by atoms with Crippen molar-refractivity contribution in [3.05, 3.63) is 71.8 Å². The number of hydrogen-bond acceptors (Lipinski definition) is 4. The number of benzene rings is 2. The van der Waals surface area contributed by atoms with Crippen LogP contribution < -0.4 is 0 Å². The van der Waals surface area contributed by atoms with E-state index in [1.807, 2.05) is 79.4 Å². The molecule has 0 saturated carbocycles. The molecule has 0 bridgehead atoms. The van der Waals surface area contributed by atoms with E-state index in [4.69, 9.17) is 0 Å². The Morgan fingerprint density at radius 1 is 0.900 bits per heavy atom.